The number of allylic oxidation sites excluding steroid dienone is 5. The summed E-state index contributed by atoms with van der Waals surface area (Å²) in [4.78, 5) is 37.4. The predicted molar refractivity (Wildman–Crippen MR) is 165 cm³/mol. The molecule has 0 spiro atoms. The van der Waals surface area contributed by atoms with Crippen LogP contribution in [0.1, 0.15) is 63.6 Å². The van der Waals surface area contributed by atoms with Gasteiger partial charge in [-0.1, -0.05) is 43.7 Å². The van der Waals surface area contributed by atoms with Crippen molar-refractivity contribution in [1.29, 1.82) is 0 Å². The minimum absolute atomic E-state index is 0.000354. The highest BCUT2D eigenvalue weighted by Gasteiger charge is 2.47. The largest absolute Gasteiger partial charge is 0.506 e. The zero-order chi connectivity index (χ0) is 30.9. The first-order chi connectivity index (χ1) is 20.5. The second-order valence-corrected chi connectivity index (χ2v) is 12.4. The number of rotatable bonds is 12. The van der Waals surface area contributed by atoms with Gasteiger partial charge in [0.1, 0.15) is 5.76 Å². The molecule has 2 heterocycles. The number of aryl methyl sites for hydroxylation is 1. The molecule has 0 amide bonds. The van der Waals surface area contributed by atoms with E-state index in [4.69, 9.17) is 9.47 Å². The standard InChI is InChI=1S/C35H38N2O6/c1-23-13-14-29-27(17-23)35(4,5)31(37(29)20-43-22-39)19-25-32(40)24(33(25)41)18-30-34(2,3)26-11-7-8-12-28(26)36(30)15-9-6-10-16-42-21-38/h7-8,11-14,17-19,21-22H,6,9-10,15-16,20H2,1-5H3/p+1. The van der Waals surface area contributed by atoms with Gasteiger partial charge in [-0.25, -0.2) is 0 Å². The second-order valence-electron chi connectivity index (χ2n) is 12.4. The number of benzene rings is 2. The van der Waals surface area contributed by atoms with E-state index in [9.17, 15) is 19.5 Å². The Hall–Kier alpha value is -4.46. The Morgan fingerprint density at radius 2 is 1.65 bits per heavy atom. The molecule has 43 heavy (non-hydrogen) atoms. The molecule has 1 aliphatic carbocycles. The summed E-state index contributed by atoms with van der Waals surface area (Å²) in [6.07, 6.45) is 6.11. The average Bonchev–Trinajstić information content (AvgIpc) is 3.33. The molecule has 8 heteroatoms. The zero-order valence-corrected chi connectivity index (χ0v) is 25.5. The number of ether oxygens (including phenoxy) is 2. The molecule has 8 nitrogen and oxygen atoms in total. The maximum Gasteiger partial charge on any atom is 0.297 e. The molecule has 2 aromatic rings. The van der Waals surface area contributed by atoms with Gasteiger partial charge in [0.2, 0.25) is 11.5 Å². The van der Waals surface area contributed by atoms with Crippen molar-refractivity contribution in [3.63, 3.8) is 0 Å². The monoisotopic (exact) mass is 583 g/mol. The highest BCUT2D eigenvalue weighted by atomic mass is 16.5. The van der Waals surface area contributed by atoms with Gasteiger partial charge < -0.3 is 19.5 Å². The number of aliphatic hydroxyl groups excluding tert-OH is 1. The molecule has 5 rings (SSSR count). The molecule has 0 aromatic heterocycles. The summed E-state index contributed by atoms with van der Waals surface area (Å²) < 4.78 is 11.9. The Kier molecular flexibility index (Phi) is 8.14. The number of hydrogen-bond donors (Lipinski definition) is 1. The number of ketones is 1. The van der Waals surface area contributed by atoms with Crippen LogP contribution >= 0.6 is 0 Å². The lowest BCUT2D eigenvalue weighted by Gasteiger charge is -2.29. The number of carbonyl (C=O) groups excluding carboxylic acids is 3. The number of anilines is 1. The van der Waals surface area contributed by atoms with E-state index >= 15 is 0 Å². The lowest BCUT2D eigenvalue weighted by atomic mass is 9.77. The summed E-state index contributed by atoms with van der Waals surface area (Å²) in [6.45, 7) is 12.4. The number of unbranched alkanes of at least 4 members (excludes halogenated alkanes) is 2. The quantitative estimate of drug-likeness (QED) is 0.145. The number of para-hydroxylation sites is 1. The first-order valence-corrected chi connectivity index (χ1v) is 14.7. The van der Waals surface area contributed by atoms with Gasteiger partial charge >= 0.3 is 0 Å². The number of carbonyl (C=O) groups is 3. The van der Waals surface area contributed by atoms with Crippen LogP contribution in [0.15, 0.2) is 77.2 Å². The lowest BCUT2D eigenvalue weighted by molar-refractivity contribution is -0.479. The number of fused-ring (bicyclic) bond motifs is 2. The van der Waals surface area contributed by atoms with Crippen molar-refractivity contribution < 1.29 is 33.5 Å². The fourth-order valence-electron chi connectivity index (χ4n) is 6.50. The van der Waals surface area contributed by atoms with Crippen LogP contribution in [0.3, 0.4) is 0 Å². The van der Waals surface area contributed by atoms with Crippen LogP contribution in [0.4, 0.5) is 11.4 Å². The number of Topliss-reactive ketones (excluding diaryl/α,β-unsaturated/α-hetero) is 1. The summed E-state index contributed by atoms with van der Waals surface area (Å²) >= 11 is 0. The summed E-state index contributed by atoms with van der Waals surface area (Å²) in [7, 11) is 0. The van der Waals surface area contributed by atoms with Crippen LogP contribution in [-0.2, 0) is 34.7 Å². The molecule has 0 saturated carbocycles. The van der Waals surface area contributed by atoms with Crippen LogP contribution in [0.5, 0.6) is 0 Å². The van der Waals surface area contributed by atoms with Crippen LogP contribution in [0.2, 0.25) is 0 Å². The van der Waals surface area contributed by atoms with Crippen molar-refractivity contribution in [2.75, 3.05) is 24.8 Å². The zero-order valence-electron chi connectivity index (χ0n) is 25.5. The molecule has 0 bridgehead atoms. The minimum atomic E-state index is -0.488. The molecule has 1 N–H and O–H groups in total. The molecular weight excluding hydrogens is 544 g/mol. The van der Waals surface area contributed by atoms with Crippen molar-refractivity contribution in [3.8, 4) is 0 Å². The van der Waals surface area contributed by atoms with Crippen LogP contribution in [0.25, 0.3) is 0 Å². The number of hydrogen-bond acceptors (Lipinski definition) is 7. The lowest BCUT2D eigenvalue weighted by Crippen LogP contribution is -2.32. The molecule has 0 saturated heterocycles. The molecular formula is C35H39N2O6+. The third-order valence-corrected chi connectivity index (χ3v) is 8.89. The van der Waals surface area contributed by atoms with Gasteiger partial charge in [0, 0.05) is 41.1 Å². The maximum atomic E-state index is 13.6. The highest BCUT2D eigenvalue weighted by molar-refractivity contribution is 6.24. The van der Waals surface area contributed by atoms with Crippen molar-refractivity contribution in [1.82, 2.24) is 0 Å². The third kappa shape index (κ3) is 5.19. The number of nitrogens with zero attached hydrogens (tertiary/aromatic N) is 2. The van der Waals surface area contributed by atoms with E-state index in [0.717, 1.165) is 65.3 Å². The van der Waals surface area contributed by atoms with Gasteiger partial charge in [0.05, 0.1) is 23.2 Å². The maximum absolute atomic E-state index is 13.6. The topological polar surface area (TPSA) is 96.2 Å². The minimum Gasteiger partial charge on any atom is -0.506 e. The van der Waals surface area contributed by atoms with Crippen LogP contribution < -0.4 is 4.90 Å². The van der Waals surface area contributed by atoms with Crippen molar-refractivity contribution >= 4 is 35.8 Å². The van der Waals surface area contributed by atoms with Gasteiger partial charge in [-0.15, -0.1) is 0 Å². The first-order valence-electron chi connectivity index (χ1n) is 14.7. The second kappa shape index (κ2) is 11.7. The average molecular weight is 584 g/mol. The van der Waals surface area contributed by atoms with Crippen LogP contribution in [0, 0.1) is 6.92 Å². The predicted octanol–water partition coefficient (Wildman–Crippen LogP) is 5.85. The summed E-state index contributed by atoms with van der Waals surface area (Å²) in [5.74, 6) is -0.267. The van der Waals surface area contributed by atoms with Gasteiger partial charge in [-0.05, 0) is 63.8 Å². The Morgan fingerprint density at radius 1 is 0.907 bits per heavy atom. The van der Waals surface area contributed by atoms with E-state index in [2.05, 4.69) is 50.8 Å². The Labute approximate surface area is 252 Å². The molecule has 2 aromatic carbocycles. The molecule has 0 fully saturated rings. The number of aliphatic hydroxyl groups is 1. The first kappa shape index (κ1) is 30.0. The molecule has 3 aliphatic rings. The van der Waals surface area contributed by atoms with Gasteiger partial charge in [-0.2, -0.15) is 4.58 Å². The van der Waals surface area contributed by atoms with E-state index < -0.39 is 5.41 Å². The molecule has 224 valence electrons. The Balaban J connectivity index is 1.50. The van der Waals surface area contributed by atoms with Crippen molar-refractivity contribution in [3.05, 3.63) is 93.9 Å². The van der Waals surface area contributed by atoms with Crippen molar-refractivity contribution in [2.45, 2.75) is 64.7 Å². The van der Waals surface area contributed by atoms with Gasteiger partial charge in [-0.3, -0.25) is 14.4 Å². The third-order valence-electron chi connectivity index (χ3n) is 8.89. The van der Waals surface area contributed by atoms with E-state index in [0.29, 0.717) is 19.6 Å². The van der Waals surface area contributed by atoms with Gasteiger partial charge in [0.25, 0.3) is 19.7 Å². The molecule has 0 unspecified atom stereocenters. The smallest absolute Gasteiger partial charge is 0.297 e. The van der Waals surface area contributed by atoms with E-state index in [-0.39, 0.29) is 34.8 Å². The highest BCUT2D eigenvalue weighted by Crippen LogP contribution is 2.49. The summed E-state index contributed by atoms with van der Waals surface area (Å²) in [6, 6.07) is 14.3. The molecule has 2 aliphatic heterocycles. The van der Waals surface area contributed by atoms with Crippen molar-refractivity contribution in [2.24, 2.45) is 0 Å². The summed E-state index contributed by atoms with van der Waals surface area (Å²) in [5.41, 5.74) is 6.70. The van der Waals surface area contributed by atoms with Crippen LogP contribution in [-0.4, -0.2) is 54.0 Å². The van der Waals surface area contributed by atoms with E-state index in [1.807, 2.05) is 41.8 Å². The SMILES string of the molecule is Cc1ccc2c(c1)C(C)(C)C(C=C1C(=O)C(C=C3N(CCCCCOC=O)c4ccccc4C3(C)C)=C1O)=[N+]2COC=O. The van der Waals surface area contributed by atoms with Gasteiger partial charge in [0.15, 0.2) is 5.71 Å². The fourth-order valence-corrected chi connectivity index (χ4v) is 6.50. The summed E-state index contributed by atoms with van der Waals surface area (Å²) in [5, 5.41) is 11.3. The fraction of sp³-hybridized carbons (Fsp3) is 0.371. The Bertz CT molecular complexity index is 1610. The van der Waals surface area contributed by atoms with E-state index in [1.54, 1.807) is 6.08 Å². The molecule has 0 radical (unpaired) electrons. The van der Waals surface area contributed by atoms with E-state index in [1.165, 1.54) is 0 Å². The normalized spacial score (nSPS) is 19.9. The molecule has 0 atom stereocenters. The Morgan fingerprint density at radius 3 is 2.37 bits per heavy atom.